The summed E-state index contributed by atoms with van der Waals surface area (Å²) < 4.78 is 37.5. The van der Waals surface area contributed by atoms with E-state index in [-0.39, 0.29) is 12.2 Å². The number of para-hydroxylation sites is 1. The number of nitrogens with zero attached hydrogens (tertiary/aromatic N) is 2. The van der Waals surface area contributed by atoms with Crippen LogP contribution in [0.15, 0.2) is 18.2 Å². The fourth-order valence-electron chi connectivity index (χ4n) is 2.13. The van der Waals surface area contributed by atoms with E-state index >= 15 is 0 Å². The zero-order valence-electron chi connectivity index (χ0n) is 9.61. The van der Waals surface area contributed by atoms with Crippen LogP contribution in [0.2, 0.25) is 0 Å². The number of hydrogen-bond donors (Lipinski definition) is 0. The average molecular weight is 274 g/mol. The Bertz CT molecular complexity index is 542. The molecule has 0 saturated heterocycles. The van der Waals surface area contributed by atoms with Gasteiger partial charge in [-0.1, -0.05) is 12.1 Å². The molecule has 0 aromatic heterocycles. The highest BCUT2D eigenvalue weighted by molar-refractivity contribution is 6.00. The van der Waals surface area contributed by atoms with E-state index < -0.39 is 22.7 Å². The van der Waals surface area contributed by atoms with Crippen LogP contribution in [-0.4, -0.2) is 23.6 Å². The van der Waals surface area contributed by atoms with Gasteiger partial charge in [-0.15, -0.1) is 0 Å². The lowest BCUT2D eigenvalue weighted by molar-refractivity contribution is -0.384. The van der Waals surface area contributed by atoms with Crippen LogP contribution in [0.25, 0.3) is 0 Å². The predicted octanol–water partition coefficient (Wildman–Crippen LogP) is 2.44. The van der Waals surface area contributed by atoms with Gasteiger partial charge in [0.15, 0.2) is 0 Å². The second-order valence-corrected chi connectivity index (χ2v) is 4.10. The van der Waals surface area contributed by atoms with Crippen molar-refractivity contribution in [1.29, 1.82) is 0 Å². The molecule has 8 heteroatoms. The van der Waals surface area contributed by atoms with Gasteiger partial charge < -0.3 is 0 Å². The Morgan fingerprint density at radius 3 is 2.63 bits per heavy atom. The molecule has 0 bridgehead atoms. The molecule has 19 heavy (non-hydrogen) atoms. The van der Waals surface area contributed by atoms with Crippen LogP contribution in [0.4, 0.5) is 24.5 Å². The minimum Gasteiger partial charge on any atom is -0.298 e. The maximum atomic E-state index is 12.5. The summed E-state index contributed by atoms with van der Waals surface area (Å²) in [6, 6.07) is 4.00. The van der Waals surface area contributed by atoms with E-state index in [2.05, 4.69) is 0 Å². The van der Waals surface area contributed by atoms with Crippen LogP contribution in [0.3, 0.4) is 0 Å². The van der Waals surface area contributed by atoms with Crippen molar-refractivity contribution in [2.24, 2.45) is 0 Å². The monoisotopic (exact) mass is 274 g/mol. The second-order valence-electron chi connectivity index (χ2n) is 4.10. The normalized spacial score (nSPS) is 15.0. The number of anilines is 1. The number of halogens is 3. The molecule has 1 aliphatic heterocycles. The first-order valence-corrected chi connectivity index (χ1v) is 5.47. The maximum Gasteiger partial charge on any atom is 0.471 e. The molecule has 1 amide bonds. The highest BCUT2D eigenvalue weighted by Gasteiger charge is 2.45. The van der Waals surface area contributed by atoms with Gasteiger partial charge in [-0.25, -0.2) is 0 Å². The average Bonchev–Trinajstić information content (AvgIpc) is 2.35. The van der Waals surface area contributed by atoms with Gasteiger partial charge in [0.2, 0.25) is 0 Å². The van der Waals surface area contributed by atoms with E-state index in [0.717, 1.165) is 6.07 Å². The first kappa shape index (κ1) is 13.3. The summed E-state index contributed by atoms with van der Waals surface area (Å²) >= 11 is 0. The van der Waals surface area contributed by atoms with Crippen LogP contribution in [0.5, 0.6) is 0 Å². The molecule has 0 aliphatic carbocycles. The lowest BCUT2D eigenvalue weighted by Crippen LogP contribution is -2.44. The number of benzene rings is 1. The van der Waals surface area contributed by atoms with E-state index in [1.54, 1.807) is 0 Å². The van der Waals surface area contributed by atoms with Crippen molar-refractivity contribution in [2.45, 2.75) is 19.0 Å². The third kappa shape index (κ3) is 2.38. The summed E-state index contributed by atoms with van der Waals surface area (Å²) in [6.45, 7) is -0.170. The number of nitro benzene ring substituents is 1. The lowest BCUT2D eigenvalue weighted by atomic mass is 10.0. The SMILES string of the molecule is O=C(N1CCCc2cccc([N+](=O)[O-])c21)C(F)(F)F. The van der Waals surface area contributed by atoms with Crippen molar-refractivity contribution in [3.63, 3.8) is 0 Å². The summed E-state index contributed by atoms with van der Waals surface area (Å²) in [6.07, 6.45) is -4.28. The molecule has 1 aromatic rings. The minimum atomic E-state index is -5.04. The molecule has 1 heterocycles. The Labute approximate surface area is 105 Å². The fourth-order valence-corrected chi connectivity index (χ4v) is 2.13. The summed E-state index contributed by atoms with van der Waals surface area (Å²) in [5.41, 5.74) is -0.325. The number of aryl methyl sites for hydroxylation is 1. The molecule has 0 atom stereocenters. The zero-order valence-corrected chi connectivity index (χ0v) is 9.61. The standard InChI is InChI=1S/C11H9F3N2O3/c12-11(13,14)10(17)15-6-2-4-7-3-1-5-8(9(7)15)16(18)19/h1,3,5H,2,4,6H2. The van der Waals surface area contributed by atoms with E-state index in [4.69, 9.17) is 0 Å². The summed E-state index contributed by atoms with van der Waals surface area (Å²) in [5, 5.41) is 10.9. The second kappa shape index (κ2) is 4.52. The molecule has 0 saturated carbocycles. The topological polar surface area (TPSA) is 63.5 Å². The number of amides is 1. The van der Waals surface area contributed by atoms with Gasteiger partial charge >= 0.3 is 12.1 Å². The lowest BCUT2D eigenvalue weighted by Gasteiger charge is -2.29. The van der Waals surface area contributed by atoms with Crippen molar-refractivity contribution < 1.29 is 22.9 Å². The maximum absolute atomic E-state index is 12.5. The molecule has 1 aromatic carbocycles. The summed E-state index contributed by atoms with van der Waals surface area (Å²) in [4.78, 5) is 21.9. The smallest absolute Gasteiger partial charge is 0.298 e. The number of carbonyl (C=O) groups excluding carboxylic acids is 1. The quantitative estimate of drug-likeness (QED) is 0.583. The van der Waals surface area contributed by atoms with Crippen LogP contribution in [-0.2, 0) is 11.2 Å². The number of rotatable bonds is 1. The number of alkyl halides is 3. The van der Waals surface area contributed by atoms with E-state index in [1.165, 1.54) is 12.1 Å². The number of carbonyl (C=O) groups is 1. The molecule has 0 unspecified atom stereocenters. The van der Waals surface area contributed by atoms with E-state index in [9.17, 15) is 28.1 Å². The molecule has 2 rings (SSSR count). The molecule has 0 spiro atoms. The van der Waals surface area contributed by atoms with Gasteiger partial charge in [-0.2, -0.15) is 13.2 Å². The van der Waals surface area contributed by atoms with E-state index in [0.29, 0.717) is 23.3 Å². The number of fused-ring (bicyclic) bond motifs is 1. The molecular formula is C11H9F3N2O3. The Kier molecular flexibility index (Phi) is 3.17. The number of hydrogen-bond acceptors (Lipinski definition) is 3. The van der Waals surface area contributed by atoms with Crippen LogP contribution in [0.1, 0.15) is 12.0 Å². The Morgan fingerprint density at radius 1 is 1.37 bits per heavy atom. The molecule has 0 N–H and O–H groups in total. The first-order valence-electron chi connectivity index (χ1n) is 5.47. The summed E-state index contributed by atoms with van der Waals surface area (Å²) in [7, 11) is 0. The highest BCUT2D eigenvalue weighted by Crippen LogP contribution is 2.37. The largest absolute Gasteiger partial charge is 0.471 e. The third-order valence-corrected chi connectivity index (χ3v) is 2.88. The van der Waals surface area contributed by atoms with Crippen molar-refractivity contribution in [1.82, 2.24) is 0 Å². The molecule has 0 radical (unpaired) electrons. The van der Waals surface area contributed by atoms with Crippen molar-refractivity contribution >= 4 is 17.3 Å². The van der Waals surface area contributed by atoms with Gasteiger partial charge in [-0.05, 0) is 18.4 Å². The zero-order chi connectivity index (χ0) is 14.2. The Morgan fingerprint density at radius 2 is 2.05 bits per heavy atom. The van der Waals surface area contributed by atoms with Gasteiger partial charge in [0.25, 0.3) is 5.69 Å². The molecule has 1 aliphatic rings. The van der Waals surface area contributed by atoms with Gasteiger partial charge in [-0.3, -0.25) is 19.8 Å². The fraction of sp³-hybridized carbons (Fsp3) is 0.364. The molecule has 5 nitrogen and oxygen atoms in total. The predicted molar refractivity (Wildman–Crippen MR) is 59.8 cm³/mol. The molecule has 102 valence electrons. The molecule has 0 fully saturated rings. The highest BCUT2D eigenvalue weighted by atomic mass is 19.4. The van der Waals surface area contributed by atoms with Crippen LogP contribution in [0, 0.1) is 10.1 Å². The number of nitro groups is 1. The van der Waals surface area contributed by atoms with Crippen molar-refractivity contribution in [3.8, 4) is 0 Å². The van der Waals surface area contributed by atoms with Gasteiger partial charge in [0.1, 0.15) is 5.69 Å². The molecular weight excluding hydrogens is 265 g/mol. The third-order valence-electron chi connectivity index (χ3n) is 2.88. The van der Waals surface area contributed by atoms with Gasteiger partial charge in [0, 0.05) is 12.6 Å². The summed E-state index contributed by atoms with van der Waals surface area (Å²) in [5.74, 6) is -2.07. The first-order chi connectivity index (χ1) is 8.82. The van der Waals surface area contributed by atoms with Crippen LogP contribution < -0.4 is 4.90 Å². The Hall–Kier alpha value is -2.12. The Balaban J connectivity index is 2.55. The minimum absolute atomic E-state index is 0.170. The van der Waals surface area contributed by atoms with E-state index in [1.807, 2.05) is 0 Å². The van der Waals surface area contributed by atoms with Gasteiger partial charge in [0.05, 0.1) is 4.92 Å². The van der Waals surface area contributed by atoms with Crippen molar-refractivity contribution in [2.75, 3.05) is 11.4 Å². The van der Waals surface area contributed by atoms with Crippen LogP contribution >= 0.6 is 0 Å². The van der Waals surface area contributed by atoms with Crippen molar-refractivity contribution in [3.05, 3.63) is 33.9 Å².